The Balaban J connectivity index is 1.74. The average Bonchev–Trinajstić information content (AvgIpc) is 3.25. The molecule has 0 aliphatic heterocycles. The standard InChI is InChI=1S/C17H13ClN2O4S/c1-11(21)20(14-5-2-4-12(18)8-14)17-19-13(10-25-17)9-24-16(22)15-6-3-7-23-15/h2-8,10H,9H2,1H3. The summed E-state index contributed by atoms with van der Waals surface area (Å²) in [5.41, 5.74) is 1.15. The van der Waals surface area contributed by atoms with Crippen molar-refractivity contribution in [1.82, 2.24) is 4.98 Å². The van der Waals surface area contributed by atoms with E-state index in [-0.39, 0.29) is 18.3 Å². The molecule has 0 fully saturated rings. The van der Waals surface area contributed by atoms with Gasteiger partial charge in [-0.2, -0.15) is 0 Å². The van der Waals surface area contributed by atoms with Crippen LogP contribution in [0.5, 0.6) is 0 Å². The van der Waals surface area contributed by atoms with E-state index in [9.17, 15) is 9.59 Å². The van der Waals surface area contributed by atoms with Crippen LogP contribution in [0.4, 0.5) is 10.8 Å². The lowest BCUT2D eigenvalue weighted by atomic mass is 10.3. The predicted molar refractivity (Wildman–Crippen MR) is 94.2 cm³/mol. The minimum atomic E-state index is -0.571. The van der Waals surface area contributed by atoms with Crippen molar-refractivity contribution in [1.29, 1.82) is 0 Å². The molecule has 0 N–H and O–H groups in total. The van der Waals surface area contributed by atoms with E-state index in [1.54, 1.807) is 35.7 Å². The molecule has 0 atom stereocenters. The molecular formula is C17H13ClN2O4S. The van der Waals surface area contributed by atoms with Crippen molar-refractivity contribution in [2.75, 3.05) is 4.90 Å². The Kier molecular flexibility index (Phi) is 5.16. The van der Waals surface area contributed by atoms with Gasteiger partial charge in [0, 0.05) is 17.3 Å². The summed E-state index contributed by atoms with van der Waals surface area (Å²) in [6, 6.07) is 10.1. The SMILES string of the molecule is CC(=O)N(c1cccc(Cl)c1)c1nc(COC(=O)c2ccco2)cs1. The van der Waals surface area contributed by atoms with Crippen LogP contribution in [0.15, 0.2) is 52.5 Å². The highest BCUT2D eigenvalue weighted by Crippen LogP contribution is 2.30. The molecule has 128 valence electrons. The van der Waals surface area contributed by atoms with Gasteiger partial charge in [0.2, 0.25) is 11.7 Å². The van der Waals surface area contributed by atoms with Crippen LogP contribution in [0.2, 0.25) is 5.02 Å². The molecule has 0 radical (unpaired) electrons. The first-order valence-corrected chi connectivity index (χ1v) is 8.51. The first-order valence-electron chi connectivity index (χ1n) is 7.26. The van der Waals surface area contributed by atoms with Crippen molar-refractivity contribution in [3.8, 4) is 0 Å². The summed E-state index contributed by atoms with van der Waals surface area (Å²) < 4.78 is 10.1. The fourth-order valence-corrected chi connectivity index (χ4v) is 3.17. The zero-order chi connectivity index (χ0) is 17.8. The zero-order valence-electron chi connectivity index (χ0n) is 13.1. The van der Waals surface area contributed by atoms with Crippen LogP contribution in [-0.2, 0) is 16.1 Å². The van der Waals surface area contributed by atoms with Crippen LogP contribution in [-0.4, -0.2) is 16.9 Å². The van der Waals surface area contributed by atoms with Gasteiger partial charge in [-0.3, -0.25) is 9.69 Å². The number of thiazole rings is 1. The molecule has 0 saturated carbocycles. The lowest BCUT2D eigenvalue weighted by Gasteiger charge is -2.18. The molecule has 6 nitrogen and oxygen atoms in total. The lowest BCUT2D eigenvalue weighted by Crippen LogP contribution is -2.22. The molecule has 1 amide bonds. The van der Waals surface area contributed by atoms with E-state index in [1.165, 1.54) is 35.5 Å². The first kappa shape index (κ1) is 17.2. The molecular weight excluding hydrogens is 364 g/mol. The molecule has 25 heavy (non-hydrogen) atoms. The Labute approximate surface area is 152 Å². The van der Waals surface area contributed by atoms with Crippen molar-refractivity contribution >= 4 is 45.6 Å². The Morgan fingerprint density at radius 1 is 1.32 bits per heavy atom. The summed E-state index contributed by atoms with van der Waals surface area (Å²) in [6.45, 7) is 1.43. The Morgan fingerprint density at radius 3 is 2.84 bits per heavy atom. The number of furan rings is 1. The summed E-state index contributed by atoms with van der Waals surface area (Å²) in [6.07, 6.45) is 1.40. The minimum Gasteiger partial charge on any atom is -0.457 e. The molecule has 1 aromatic carbocycles. The van der Waals surface area contributed by atoms with Gasteiger partial charge in [0.1, 0.15) is 6.61 Å². The average molecular weight is 377 g/mol. The second-order valence-electron chi connectivity index (χ2n) is 5.01. The zero-order valence-corrected chi connectivity index (χ0v) is 14.7. The van der Waals surface area contributed by atoms with E-state index in [0.29, 0.717) is 21.5 Å². The highest BCUT2D eigenvalue weighted by Gasteiger charge is 2.19. The highest BCUT2D eigenvalue weighted by atomic mass is 35.5. The number of hydrogen-bond acceptors (Lipinski definition) is 6. The maximum absolute atomic E-state index is 12.0. The summed E-state index contributed by atoms with van der Waals surface area (Å²) in [5, 5.41) is 2.72. The van der Waals surface area contributed by atoms with Gasteiger partial charge in [-0.15, -0.1) is 11.3 Å². The molecule has 2 aromatic heterocycles. The largest absolute Gasteiger partial charge is 0.457 e. The molecule has 8 heteroatoms. The van der Waals surface area contributed by atoms with Crippen LogP contribution in [0.1, 0.15) is 23.2 Å². The van der Waals surface area contributed by atoms with Crippen molar-refractivity contribution < 1.29 is 18.7 Å². The summed E-state index contributed by atoms with van der Waals surface area (Å²) in [4.78, 5) is 29.6. The van der Waals surface area contributed by atoms with E-state index >= 15 is 0 Å². The smallest absolute Gasteiger partial charge is 0.374 e. The molecule has 0 unspecified atom stereocenters. The summed E-state index contributed by atoms with van der Waals surface area (Å²) in [5.74, 6) is -0.645. The number of carbonyl (C=O) groups is 2. The van der Waals surface area contributed by atoms with Crippen LogP contribution >= 0.6 is 22.9 Å². The number of nitrogens with zero attached hydrogens (tertiary/aromatic N) is 2. The molecule has 0 aliphatic carbocycles. The van der Waals surface area contributed by atoms with Crippen molar-refractivity contribution in [2.24, 2.45) is 0 Å². The van der Waals surface area contributed by atoms with Gasteiger partial charge in [0.25, 0.3) is 0 Å². The number of aromatic nitrogens is 1. The number of esters is 1. The van der Waals surface area contributed by atoms with E-state index in [4.69, 9.17) is 20.8 Å². The molecule has 0 aliphatic rings. The molecule has 2 heterocycles. The van der Waals surface area contributed by atoms with Gasteiger partial charge in [-0.1, -0.05) is 17.7 Å². The molecule has 0 saturated heterocycles. The predicted octanol–water partition coefficient (Wildman–Crippen LogP) is 4.43. The maximum Gasteiger partial charge on any atom is 0.374 e. The first-order chi connectivity index (χ1) is 12.0. The Hall–Kier alpha value is -2.64. The van der Waals surface area contributed by atoms with E-state index < -0.39 is 5.97 Å². The Bertz CT molecular complexity index is 892. The van der Waals surface area contributed by atoms with Crippen molar-refractivity contribution in [2.45, 2.75) is 13.5 Å². The van der Waals surface area contributed by atoms with Gasteiger partial charge in [-0.25, -0.2) is 9.78 Å². The van der Waals surface area contributed by atoms with Crippen molar-refractivity contribution in [3.63, 3.8) is 0 Å². The van der Waals surface area contributed by atoms with Crippen LogP contribution in [0, 0.1) is 0 Å². The molecule has 0 spiro atoms. The quantitative estimate of drug-likeness (QED) is 0.616. The monoisotopic (exact) mass is 376 g/mol. The third-order valence-corrected chi connectivity index (χ3v) is 4.30. The summed E-state index contributed by atoms with van der Waals surface area (Å²) in [7, 11) is 0. The normalized spacial score (nSPS) is 10.5. The maximum atomic E-state index is 12.0. The lowest BCUT2D eigenvalue weighted by molar-refractivity contribution is -0.115. The third-order valence-electron chi connectivity index (χ3n) is 3.19. The van der Waals surface area contributed by atoms with Gasteiger partial charge < -0.3 is 9.15 Å². The number of amides is 1. The number of benzene rings is 1. The van der Waals surface area contributed by atoms with E-state index in [1.807, 2.05) is 0 Å². The van der Waals surface area contributed by atoms with Crippen LogP contribution in [0.25, 0.3) is 0 Å². The Morgan fingerprint density at radius 2 is 2.16 bits per heavy atom. The van der Waals surface area contributed by atoms with Gasteiger partial charge in [0.05, 0.1) is 17.6 Å². The topological polar surface area (TPSA) is 72.6 Å². The van der Waals surface area contributed by atoms with E-state index in [2.05, 4.69) is 4.98 Å². The third kappa shape index (κ3) is 4.07. The molecule has 3 aromatic rings. The number of ether oxygens (including phenoxy) is 1. The highest BCUT2D eigenvalue weighted by molar-refractivity contribution is 7.14. The van der Waals surface area contributed by atoms with Crippen molar-refractivity contribution in [3.05, 3.63) is 64.5 Å². The molecule has 3 rings (SSSR count). The number of rotatable bonds is 5. The second kappa shape index (κ2) is 7.50. The number of anilines is 2. The summed E-state index contributed by atoms with van der Waals surface area (Å²) >= 11 is 7.27. The second-order valence-corrected chi connectivity index (χ2v) is 6.28. The number of hydrogen-bond donors (Lipinski definition) is 0. The molecule has 0 bridgehead atoms. The number of carbonyl (C=O) groups excluding carboxylic acids is 2. The van der Waals surface area contributed by atoms with Gasteiger partial charge >= 0.3 is 5.97 Å². The van der Waals surface area contributed by atoms with Crippen LogP contribution < -0.4 is 4.90 Å². The van der Waals surface area contributed by atoms with Crippen LogP contribution in [0.3, 0.4) is 0 Å². The van der Waals surface area contributed by atoms with Gasteiger partial charge in [-0.05, 0) is 30.3 Å². The van der Waals surface area contributed by atoms with Gasteiger partial charge in [0.15, 0.2) is 5.13 Å². The minimum absolute atomic E-state index is 0.0165. The number of halogens is 1. The fraction of sp³-hybridized carbons (Fsp3) is 0.118. The van der Waals surface area contributed by atoms with E-state index in [0.717, 1.165) is 0 Å². The fourth-order valence-electron chi connectivity index (χ4n) is 2.11.